The molecule has 0 aliphatic heterocycles. The van der Waals surface area contributed by atoms with Gasteiger partial charge in [0, 0.05) is 23.1 Å². The van der Waals surface area contributed by atoms with E-state index in [-0.39, 0.29) is 30.7 Å². The third-order valence-electron chi connectivity index (χ3n) is 3.86. The predicted molar refractivity (Wildman–Crippen MR) is 100 cm³/mol. The van der Waals surface area contributed by atoms with Gasteiger partial charge in [-0.25, -0.2) is 4.39 Å². The topological polar surface area (TPSA) is 46.3 Å². The summed E-state index contributed by atoms with van der Waals surface area (Å²) in [5, 5.41) is 0. The number of benzene rings is 2. The molecule has 2 N–H and O–H groups in total. The van der Waals surface area contributed by atoms with E-state index < -0.39 is 5.54 Å². The van der Waals surface area contributed by atoms with Gasteiger partial charge in [-0.05, 0) is 37.6 Å². The molecule has 6 heteroatoms. The average molecular weight is 416 g/mol. The molecule has 1 amide bonds. The van der Waals surface area contributed by atoms with Crippen molar-refractivity contribution in [1.82, 2.24) is 4.90 Å². The van der Waals surface area contributed by atoms with E-state index in [9.17, 15) is 9.18 Å². The van der Waals surface area contributed by atoms with Gasteiger partial charge >= 0.3 is 0 Å². The monoisotopic (exact) mass is 414 g/mol. The first-order valence-corrected chi connectivity index (χ1v) is 8.23. The molecule has 0 heterocycles. The lowest BCUT2D eigenvalue weighted by atomic mass is 9.91. The Balaban J connectivity index is 0.00000288. The SMILES string of the molecule is CCN(Cc1cc(Br)ccc1F)C(=O)C(C)(N)c1ccccc1.Cl. The Bertz CT molecular complexity index is 695. The van der Waals surface area contributed by atoms with Crippen molar-refractivity contribution in [1.29, 1.82) is 0 Å². The number of carbonyl (C=O) groups is 1. The molecule has 0 aliphatic rings. The van der Waals surface area contributed by atoms with Crippen LogP contribution >= 0.6 is 28.3 Å². The minimum atomic E-state index is -1.15. The van der Waals surface area contributed by atoms with Gasteiger partial charge in [-0.15, -0.1) is 12.4 Å². The molecule has 2 rings (SSSR count). The Morgan fingerprint density at radius 2 is 1.88 bits per heavy atom. The maximum Gasteiger partial charge on any atom is 0.247 e. The lowest BCUT2D eigenvalue weighted by Gasteiger charge is -2.31. The summed E-state index contributed by atoms with van der Waals surface area (Å²) in [6, 6.07) is 13.9. The van der Waals surface area contributed by atoms with E-state index in [0.717, 1.165) is 10.0 Å². The van der Waals surface area contributed by atoms with Gasteiger partial charge < -0.3 is 10.6 Å². The number of hydrogen-bond donors (Lipinski definition) is 1. The molecular formula is C18H21BrClFN2O. The van der Waals surface area contributed by atoms with Crippen LogP contribution in [0.1, 0.15) is 25.0 Å². The lowest BCUT2D eigenvalue weighted by molar-refractivity contribution is -0.137. The van der Waals surface area contributed by atoms with Crippen molar-refractivity contribution < 1.29 is 9.18 Å². The van der Waals surface area contributed by atoms with E-state index in [1.807, 2.05) is 37.3 Å². The fourth-order valence-corrected chi connectivity index (χ4v) is 2.84. The van der Waals surface area contributed by atoms with Crippen LogP contribution in [0.15, 0.2) is 53.0 Å². The van der Waals surface area contributed by atoms with Gasteiger partial charge in [0.25, 0.3) is 0 Å². The average Bonchev–Trinajstić information content (AvgIpc) is 2.55. The Kier molecular flexibility index (Phi) is 7.39. The summed E-state index contributed by atoms with van der Waals surface area (Å²) in [6.07, 6.45) is 0. The van der Waals surface area contributed by atoms with Crippen molar-refractivity contribution in [3.63, 3.8) is 0 Å². The summed E-state index contributed by atoms with van der Waals surface area (Å²) < 4.78 is 14.7. The highest BCUT2D eigenvalue weighted by atomic mass is 79.9. The Morgan fingerprint density at radius 1 is 1.25 bits per heavy atom. The van der Waals surface area contributed by atoms with Crippen LogP contribution < -0.4 is 5.73 Å². The fraction of sp³-hybridized carbons (Fsp3) is 0.278. The van der Waals surface area contributed by atoms with Gasteiger partial charge in [0.2, 0.25) is 5.91 Å². The number of nitrogens with zero attached hydrogens (tertiary/aromatic N) is 1. The number of halogens is 3. The van der Waals surface area contributed by atoms with Gasteiger partial charge in [0.05, 0.1) is 0 Å². The molecule has 1 unspecified atom stereocenters. The third kappa shape index (κ3) is 4.56. The van der Waals surface area contributed by atoms with Crippen LogP contribution in [0.2, 0.25) is 0 Å². The van der Waals surface area contributed by atoms with Crippen molar-refractivity contribution in [2.75, 3.05) is 6.54 Å². The minimum absolute atomic E-state index is 0. The second kappa shape index (κ2) is 8.60. The highest BCUT2D eigenvalue weighted by Gasteiger charge is 2.34. The van der Waals surface area contributed by atoms with E-state index in [0.29, 0.717) is 12.1 Å². The predicted octanol–water partition coefficient (Wildman–Crippen LogP) is 4.23. The van der Waals surface area contributed by atoms with Crippen LogP contribution in [0.3, 0.4) is 0 Å². The minimum Gasteiger partial charge on any atom is -0.337 e. The van der Waals surface area contributed by atoms with Crippen molar-refractivity contribution in [3.8, 4) is 0 Å². The molecule has 0 radical (unpaired) electrons. The molecule has 3 nitrogen and oxygen atoms in total. The zero-order valence-electron chi connectivity index (χ0n) is 13.6. The molecule has 0 aromatic heterocycles. The summed E-state index contributed by atoms with van der Waals surface area (Å²) >= 11 is 3.33. The summed E-state index contributed by atoms with van der Waals surface area (Å²) in [4.78, 5) is 14.4. The summed E-state index contributed by atoms with van der Waals surface area (Å²) in [7, 11) is 0. The Morgan fingerprint density at radius 3 is 2.46 bits per heavy atom. The molecule has 0 aliphatic carbocycles. The second-order valence-electron chi connectivity index (χ2n) is 5.62. The number of amides is 1. The first kappa shape index (κ1) is 20.6. The van der Waals surface area contributed by atoms with E-state index in [1.165, 1.54) is 6.07 Å². The normalized spacial score (nSPS) is 12.9. The number of likely N-dealkylation sites (N-methyl/N-ethyl adjacent to an activating group) is 1. The molecule has 130 valence electrons. The van der Waals surface area contributed by atoms with Crippen molar-refractivity contribution in [2.45, 2.75) is 25.9 Å². The number of carbonyl (C=O) groups excluding carboxylic acids is 1. The van der Waals surface area contributed by atoms with Crippen LogP contribution in [0.25, 0.3) is 0 Å². The molecule has 1 atom stereocenters. The number of hydrogen-bond acceptors (Lipinski definition) is 2. The Labute approximate surface area is 156 Å². The maximum atomic E-state index is 14.0. The van der Waals surface area contributed by atoms with Gasteiger partial charge in [0.1, 0.15) is 11.4 Å². The lowest BCUT2D eigenvalue weighted by Crippen LogP contribution is -2.50. The Hall–Kier alpha value is -1.43. The third-order valence-corrected chi connectivity index (χ3v) is 4.35. The van der Waals surface area contributed by atoms with Crippen LogP contribution in [0.5, 0.6) is 0 Å². The van der Waals surface area contributed by atoms with Gasteiger partial charge in [-0.1, -0.05) is 46.3 Å². The summed E-state index contributed by atoms with van der Waals surface area (Å²) in [5.74, 6) is -0.566. The highest BCUT2D eigenvalue weighted by Crippen LogP contribution is 2.23. The first-order valence-electron chi connectivity index (χ1n) is 7.44. The van der Waals surface area contributed by atoms with E-state index in [2.05, 4.69) is 15.9 Å². The molecular weight excluding hydrogens is 395 g/mol. The van der Waals surface area contributed by atoms with Crippen LogP contribution in [-0.2, 0) is 16.9 Å². The quantitative estimate of drug-likeness (QED) is 0.794. The summed E-state index contributed by atoms with van der Waals surface area (Å²) in [5.41, 5.74) is 6.32. The smallest absolute Gasteiger partial charge is 0.247 e. The second-order valence-corrected chi connectivity index (χ2v) is 6.54. The zero-order valence-corrected chi connectivity index (χ0v) is 16.0. The first-order chi connectivity index (χ1) is 10.9. The van der Waals surface area contributed by atoms with E-state index in [1.54, 1.807) is 24.0 Å². The molecule has 0 saturated heterocycles. The van der Waals surface area contributed by atoms with Crippen molar-refractivity contribution in [2.24, 2.45) is 5.73 Å². The molecule has 0 spiro atoms. The number of nitrogens with two attached hydrogens (primary N) is 1. The van der Waals surface area contributed by atoms with E-state index in [4.69, 9.17) is 5.73 Å². The van der Waals surface area contributed by atoms with Crippen LogP contribution in [0, 0.1) is 5.82 Å². The number of rotatable bonds is 5. The molecule has 0 fully saturated rings. The van der Waals surface area contributed by atoms with Crippen LogP contribution in [0.4, 0.5) is 4.39 Å². The van der Waals surface area contributed by atoms with Gasteiger partial charge in [-0.3, -0.25) is 4.79 Å². The van der Waals surface area contributed by atoms with E-state index >= 15 is 0 Å². The molecule has 0 saturated carbocycles. The van der Waals surface area contributed by atoms with Crippen molar-refractivity contribution >= 4 is 34.2 Å². The fourth-order valence-electron chi connectivity index (χ4n) is 2.43. The zero-order chi connectivity index (χ0) is 17.0. The molecule has 0 bridgehead atoms. The van der Waals surface area contributed by atoms with Crippen LogP contribution in [-0.4, -0.2) is 17.4 Å². The molecule has 2 aromatic rings. The molecule has 24 heavy (non-hydrogen) atoms. The highest BCUT2D eigenvalue weighted by molar-refractivity contribution is 9.10. The van der Waals surface area contributed by atoms with Crippen molar-refractivity contribution in [3.05, 3.63) is 69.9 Å². The largest absolute Gasteiger partial charge is 0.337 e. The van der Waals surface area contributed by atoms with Gasteiger partial charge in [0.15, 0.2) is 0 Å². The maximum absolute atomic E-state index is 14.0. The van der Waals surface area contributed by atoms with Gasteiger partial charge in [-0.2, -0.15) is 0 Å². The summed E-state index contributed by atoms with van der Waals surface area (Å²) in [6.45, 7) is 4.17. The standard InChI is InChI=1S/C18H20BrFN2O.ClH/c1-3-22(12-13-11-15(19)9-10-16(13)20)17(23)18(2,21)14-7-5-4-6-8-14;/h4-11H,3,12,21H2,1-2H3;1H. The molecule has 2 aromatic carbocycles.